The largest absolute Gasteiger partial charge is 0.416 e. The molecule has 0 unspecified atom stereocenters. The third-order valence-electron chi connectivity index (χ3n) is 5.18. The summed E-state index contributed by atoms with van der Waals surface area (Å²) in [5.41, 5.74) is -0.647. The standard InChI is InChI=1S/C20H25F3N6O/c1-12-26-18(24-2)29-19(27-12)28-15-9-7-13(8-10-15)17(30)25-11-14-5-3-4-6-16(14)20(21,22)23/h3-6,13,15H,7-11H2,1-2H3,(H,25,30)(H2,24,26,27,28,29)/t13-,15+. The molecule has 1 aromatic heterocycles. The number of alkyl halides is 3. The summed E-state index contributed by atoms with van der Waals surface area (Å²) < 4.78 is 39.3. The summed E-state index contributed by atoms with van der Waals surface area (Å²) in [6.45, 7) is 1.65. The lowest BCUT2D eigenvalue weighted by Crippen LogP contribution is -2.36. The predicted molar refractivity (Wildman–Crippen MR) is 107 cm³/mol. The highest BCUT2D eigenvalue weighted by Crippen LogP contribution is 2.32. The van der Waals surface area contributed by atoms with Gasteiger partial charge in [-0.15, -0.1) is 0 Å². The molecule has 1 aliphatic carbocycles. The molecule has 0 saturated heterocycles. The quantitative estimate of drug-likeness (QED) is 0.660. The lowest BCUT2D eigenvalue weighted by atomic mass is 9.85. The molecule has 1 aliphatic rings. The van der Waals surface area contributed by atoms with Gasteiger partial charge in [0.1, 0.15) is 5.82 Å². The fourth-order valence-electron chi connectivity index (χ4n) is 3.62. The number of aromatic nitrogens is 3. The molecule has 0 radical (unpaired) electrons. The molecule has 1 saturated carbocycles. The van der Waals surface area contributed by atoms with Crippen molar-refractivity contribution in [2.75, 3.05) is 17.7 Å². The molecule has 162 valence electrons. The minimum Gasteiger partial charge on any atom is -0.357 e. The Hall–Kier alpha value is -2.91. The molecule has 0 aliphatic heterocycles. The first-order valence-corrected chi connectivity index (χ1v) is 9.86. The van der Waals surface area contributed by atoms with E-state index in [9.17, 15) is 18.0 Å². The van der Waals surface area contributed by atoms with Crippen molar-refractivity contribution in [2.45, 2.75) is 51.4 Å². The number of hydrogen-bond donors (Lipinski definition) is 3. The van der Waals surface area contributed by atoms with Crippen LogP contribution in [0.2, 0.25) is 0 Å². The summed E-state index contributed by atoms with van der Waals surface area (Å²) in [6, 6.07) is 5.43. The maximum absolute atomic E-state index is 13.1. The van der Waals surface area contributed by atoms with E-state index in [1.54, 1.807) is 14.0 Å². The minimum atomic E-state index is -4.44. The van der Waals surface area contributed by atoms with Crippen LogP contribution in [0.5, 0.6) is 0 Å². The van der Waals surface area contributed by atoms with Gasteiger partial charge in [0.25, 0.3) is 0 Å². The number of hydrogen-bond acceptors (Lipinski definition) is 6. The van der Waals surface area contributed by atoms with E-state index < -0.39 is 11.7 Å². The molecule has 10 heteroatoms. The molecule has 30 heavy (non-hydrogen) atoms. The van der Waals surface area contributed by atoms with E-state index in [4.69, 9.17) is 0 Å². The summed E-state index contributed by atoms with van der Waals surface area (Å²) in [5.74, 6) is 1.15. The van der Waals surface area contributed by atoms with Crippen molar-refractivity contribution in [3.8, 4) is 0 Å². The smallest absolute Gasteiger partial charge is 0.357 e. The van der Waals surface area contributed by atoms with Crippen molar-refractivity contribution in [1.82, 2.24) is 20.3 Å². The second kappa shape index (κ2) is 9.27. The Bertz CT molecular complexity index is 881. The van der Waals surface area contributed by atoms with Crippen LogP contribution in [0.1, 0.15) is 42.6 Å². The fourth-order valence-corrected chi connectivity index (χ4v) is 3.62. The van der Waals surface area contributed by atoms with E-state index in [2.05, 4.69) is 30.9 Å². The second-order valence-corrected chi connectivity index (χ2v) is 7.35. The molecular formula is C20H25F3N6O. The van der Waals surface area contributed by atoms with Gasteiger partial charge in [-0.05, 0) is 44.2 Å². The van der Waals surface area contributed by atoms with E-state index in [1.165, 1.54) is 18.2 Å². The number of carbonyl (C=O) groups excluding carboxylic acids is 1. The molecular weight excluding hydrogens is 397 g/mol. The number of nitrogens with zero attached hydrogens (tertiary/aromatic N) is 3. The van der Waals surface area contributed by atoms with Gasteiger partial charge in [0.2, 0.25) is 17.8 Å². The first kappa shape index (κ1) is 21.8. The molecule has 0 bridgehead atoms. The van der Waals surface area contributed by atoms with Crippen LogP contribution in [0.3, 0.4) is 0 Å². The van der Waals surface area contributed by atoms with Gasteiger partial charge in [-0.3, -0.25) is 4.79 Å². The zero-order chi connectivity index (χ0) is 21.7. The van der Waals surface area contributed by atoms with Gasteiger partial charge < -0.3 is 16.0 Å². The highest BCUT2D eigenvalue weighted by molar-refractivity contribution is 5.78. The van der Waals surface area contributed by atoms with Crippen molar-refractivity contribution in [3.05, 3.63) is 41.2 Å². The third-order valence-corrected chi connectivity index (χ3v) is 5.18. The Morgan fingerprint density at radius 1 is 1.07 bits per heavy atom. The summed E-state index contributed by atoms with van der Waals surface area (Å²) in [6.07, 6.45) is -1.65. The van der Waals surface area contributed by atoms with Crippen LogP contribution in [0.4, 0.5) is 25.1 Å². The van der Waals surface area contributed by atoms with Crippen molar-refractivity contribution in [1.29, 1.82) is 0 Å². The summed E-state index contributed by atoms with van der Waals surface area (Å²) in [4.78, 5) is 25.2. The van der Waals surface area contributed by atoms with E-state index in [1.807, 2.05) is 0 Å². The Morgan fingerprint density at radius 3 is 2.40 bits per heavy atom. The molecule has 3 rings (SSSR count). The lowest BCUT2D eigenvalue weighted by molar-refractivity contribution is -0.138. The summed E-state index contributed by atoms with van der Waals surface area (Å²) in [7, 11) is 1.73. The van der Waals surface area contributed by atoms with E-state index in [-0.39, 0.29) is 30.0 Å². The molecule has 1 fully saturated rings. The number of aryl methyl sites for hydroxylation is 1. The van der Waals surface area contributed by atoms with Crippen molar-refractivity contribution >= 4 is 17.8 Å². The van der Waals surface area contributed by atoms with Gasteiger partial charge in [0, 0.05) is 25.6 Å². The number of anilines is 2. The average molecular weight is 422 g/mol. The summed E-state index contributed by atoms with van der Waals surface area (Å²) >= 11 is 0. The van der Waals surface area contributed by atoms with Crippen LogP contribution in [0.15, 0.2) is 24.3 Å². The van der Waals surface area contributed by atoms with Crippen molar-refractivity contribution in [3.63, 3.8) is 0 Å². The molecule has 0 atom stereocenters. The lowest BCUT2D eigenvalue weighted by Gasteiger charge is -2.28. The van der Waals surface area contributed by atoms with Crippen LogP contribution in [-0.2, 0) is 17.5 Å². The van der Waals surface area contributed by atoms with Gasteiger partial charge in [-0.25, -0.2) is 0 Å². The third kappa shape index (κ3) is 5.58. The van der Waals surface area contributed by atoms with E-state index in [0.717, 1.165) is 18.9 Å². The Kier molecular flexibility index (Phi) is 6.73. The predicted octanol–water partition coefficient (Wildman–Crippen LogP) is 3.53. The van der Waals surface area contributed by atoms with Crippen molar-refractivity contribution in [2.24, 2.45) is 5.92 Å². The first-order valence-electron chi connectivity index (χ1n) is 9.86. The van der Waals surface area contributed by atoms with E-state index >= 15 is 0 Å². The molecule has 1 aromatic carbocycles. The average Bonchev–Trinajstić information content (AvgIpc) is 2.71. The van der Waals surface area contributed by atoms with Gasteiger partial charge >= 0.3 is 6.18 Å². The Morgan fingerprint density at radius 2 is 1.73 bits per heavy atom. The topological polar surface area (TPSA) is 91.8 Å². The van der Waals surface area contributed by atoms with Crippen LogP contribution in [-0.4, -0.2) is 33.9 Å². The molecule has 0 spiro atoms. The number of carbonyl (C=O) groups is 1. The van der Waals surface area contributed by atoms with Gasteiger partial charge in [0.15, 0.2) is 0 Å². The molecule has 1 amide bonds. The maximum Gasteiger partial charge on any atom is 0.416 e. The molecule has 7 nitrogen and oxygen atoms in total. The number of benzene rings is 1. The SMILES string of the molecule is CNc1nc(C)nc(N[C@H]2CC[C@@H](C(=O)NCc3ccccc3C(F)(F)F)CC2)n1. The molecule has 3 N–H and O–H groups in total. The number of amides is 1. The summed E-state index contributed by atoms with van der Waals surface area (Å²) in [5, 5.41) is 8.83. The van der Waals surface area contributed by atoms with Gasteiger partial charge in [0.05, 0.1) is 5.56 Å². The van der Waals surface area contributed by atoms with Gasteiger partial charge in [-0.1, -0.05) is 18.2 Å². The number of nitrogens with one attached hydrogen (secondary N) is 3. The van der Waals surface area contributed by atoms with E-state index in [0.29, 0.717) is 30.6 Å². The highest BCUT2D eigenvalue weighted by Gasteiger charge is 2.33. The Balaban J connectivity index is 1.51. The highest BCUT2D eigenvalue weighted by atomic mass is 19.4. The van der Waals surface area contributed by atoms with Crippen LogP contribution in [0, 0.1) is 12.8 Å². The molecule has 1 heterocycles. The van der Waals surface area contributed by atoms with Crippen LogP contribution in [0.25, 0.3) is 0 Å². The molecule has 2 aromatic rings. The van der Waals surface area contributed by atoms with Crippen LogP contribution < -0.4 is 16.0 Å². The number of rotatable bonds is 6. The normalized spacial score (nSPS) is 19.2. The zero-order valence-corrected chi connectivity index (χ0v) is 16.9. The second-order valence-electron chi connectivity index (χ2n) is 7.35. The Labute approximate surface area is 172 Å². The minimum absolute atomic E-state index is 0.0687. The fraction of sp³-hybridized carbons (Fsp3) is 0.500. The monoisotopic (exact) mass is 422 g/mol. The van der Waals surface area contributed by atoms with Crippen LogP contribution >= 0.6 is 0 Å². The number of halogens is 3. The zero-order valence-electron chi connectivity index (χ0n) is 16.9. The van der Waals surface area contributed by atoms with Crippen molar-refractivity contribution < 1.29 is 18.0 Å². The maximum atomic E-state index is 13.1. The first-order chi connectivity index (χ1) is 14.3. The van der Waals surface area contributed by atoms with Gasteiger partial charge in [-0.2, -0.15) is 28.1 Å².